The summed E-state index contributed by atoms with van der Waals surface area (Å²) in [7, 11) is 0. The normalized spacial score (nSPS) is 21.9. The third-order valence-corrected chi connectivity index (χ3v) is 5.56. The summed E-state index contributed by atoms with van der Waals surface area (Å²) in [5, 5.41) is 7.42. The van der Waals surface area contributed by atoms with Gasteiger partial charge in [-0.3, -0.25) is 9.69 Å². The minimum Gasteiger partial charge on any atom is -0.381 e. The molecule has 0 aliphatic carbocycles. The van der Waals surface area contributed by atoms with Gasteiger partial charge in [0, 0.05) is 24.8 Å². The molecule has 0 saturated carbocycles. The Balaban J connectivity index is 1.44. The van der Waals surface area contributed by atoms with Crippen molar-refractivity contribution in [3.63, 3.8) is 0 Å². The van der Waals surface area contributed by atoms with Crippen LogP contribution in [0.1, 0.15) is 50.4 Å². The van der Waals surface area contributed by atoms with E-state index < -0.39 is 0 Å². The van der Waals surface area contributed by atoms with Crippen molar-refractivity contribution >= 4 is 5.91 Å². The first-order valence-electron chi connectivity index (χ1n) is 10.3. The maximum atomic E-state index is 12.6. The molecule has 1 atom stereocenters. The second kappa shape index (κ2) is 9.30. The topological polar surface area (TPSA) is 80.5 Å². The molecule has 4 rings (SSSR count). The standard InChI is InChI=1S/C21H28N4O3/c26-19(22-17-10-13-27-14-11-17)15-25-12-6-2-5-9-18(25)20-23-21(28-24-20)16-7-3-1-4-8-16/h1,3-4,7-8,17-18H,2,5-6,9-15H2,(H,22,26). The highest BCUT2D eigenvalue weighted by molar-refractivity contribution is 5.78. The first-order chi connectivity index (χ1) is 13.8. The third kappa shape index (κ3) is 4.77. The summed E-state index contributed by atoms with van der Waals surface area (Å²) < 4.78 is 10.9. The van der Waals surface area contributed by atoms with Crippen LogP contribution in [0, 0.1) is 0 Å². The van der Waals surface area contributed by atoms with Crippen molar-refractivity contribution in [2.45, 2.75) is 50.6 Å². The van der Waals surface area contributed by atoms with Gasteiger partial charge in [-0.25, -0.2) is 0 Å². The molecule has 1 aromatic carbocycles. The van der Waals surface area contributed by atoms with E-state index in [1.54, 1.807) is 0 Å². The molecule has 2 aromatic rings. The summed E-state index contributed by atoms with van der Waals surface area (Å²) in [5.41, 5.74) is 0.915. The Labute approximate surface area is 165 Å². The van der Waals surface area contributed by atoms with Gasteiger partial charge in [-0.05, 0) is 44.4 Å². The van der Waals surface area contributed by atoms with Crippen molar-refractivity contribution in [1.29, 1.82) is 0 Å². The predicted octanol–water partition coefficient (Wildman–Crippen LogP) is 2.95. The van der Waals surface area contributed by atoms with E-state index in [0.29, 0.717) is 18.3 Å². The molecule has 1 N–H and O–H groups in total. The molecular weight excluding hydrogens is 356 g/mol. The fraction of sp³-hybridized carbons (Fsp3) is 0.571. The summed E-state index contributed by atoms with van der Waals surface area (Å²) in [6.45, 7) is 2.70. The van der Waals surface area contributed by atoms with Gasteiger partial charge in [0.1, 0.15) is 0 Å². The number of hydrogen-bond acceptors (Lipinski definition) is 6. The summed E-state index contributed by atoms with van der Waals surface area (Å²) in [5.74, 6) is 1.29. The van der Waals surface area contributed by atoms with Gasteiger partial charge in [0.2, 0.25) is 5.91 Å². The summed E-state index contributed by atoms with van der Waals surface area (Å²) in [6.07, 6.45) is 6.08. The maximum absolute atomic E-state index is 12.6. The Morgan fingerprint density at radius 3 is 2.75 bits per heavy atom. The average molecular weight is 384 g/mol. The van der Waals surface area contributed by atoms with Crippen LogP contribution in [0.25, 0.3) is 11.5 Å². The minimum atomic E-state index is 0.0177. The zero-order chi connectivity index (χ0) is 19.2. The predicted molar refractivity (Wildman–Crippen MR) is 104 cm³/mol. The van der Waals surface area contributed by atoms with Crippen molar-refractivity contribution < 1.29 is 14.1 Å². The first-order valence-corrected chi connectivity index (χ1v) is 10.3. The van der Waals surface area contributed by atoms with E-state index in [1.165, 1.54) is 0 Å². The van der Waals surface area contributed by atoms with Gasteiger partial charge in [-0.2, -0.15) is 4.98 Å². The van der Waals surface area contributed by atoms with Gasteiger partial charge in [0.15, 0.2) is 5.82 Å². The van der Waals surface area contributed by atoms with Gasteiger partial charge in [-0.15, -0.1) is 0 Å². The first kappa shape index (κ1) is 19.1. The van der Waals surface area contributed by atoms with Crippen LogP contribution in [0.2, 0.25) is 0 Å². The largest absolute Gasteiger partial charge is 0.381 e. The van der Waals surface area contributed by atoms with Gasteiger partial charge < -0.3 is 14.6 Å². The molecule has 1 amide bonds. The number of likely N-dealkylation sites (tertiary alicyclic amines) is 1. The second-order valence-corrected chi connectivity index (χ2v) is 7.61. The smallest absolute Gasteiger partial charge is 0.257 e. The highest BCUT2D eigenvalue weighted by Gasteiger charge is 2.29. The molecule has 7 heteroatoms. The number of aromatic nitrogens is 2. The number of benzene rings is 1. The van der Waals surface area contributed by atoms with E-state index in [2.05, 4.69) is 20.4 Å². The SMILES string of the molecule is O=C(CN1CCCCCC1c1noc(-c2ccccc2)n1)NC1CCOCC1. The van der Waals surface area contributed by atoms with Crippen molar-refractivity contribution in [3.8, 4) is 11.5 Å². The van der Waals surface area contributed by atoms with Gasteiger partial charge in [0.05, 0.1) is 12.6 Å². The molecule has 0 radical (unpaired) electrons. The molecule has 7 nitrogen and oxygen atoms in total. The molecule has 1 unspecified atom stereocenters. The molecule has 2 fully saturated rings. The molecule has 1 aromatic heterocycles. The van der Waals surface area contributed by atoms with E-state index in [0.717, 1.165) is 63.8 Å². The fourth-order valence-corrected chi connectivity index (χ4v) is 4.02. The quantitative estimate of drug-likeness (QED) is 0.854. The summed E-state index contributed by atoms with van der Waals surface area (Å²) in [6, 6.07) is 10.0. The maximum Gasteiger partial charge on any atom is 0.257 e. The van der Waals surface area contributed by atoms with Gasteiger partial charge >= 0.3 is 0 Å². The Bertz CT molecular complexity index is 758. The highest BCUT2D eigenvalue weighted by Crippen LogP contribution is 2.29. The fourth-order valence-electron chi connectivity index (χ4n) is 4.02. The molecule has 2 aliphatic rings. The Morgan fingerprint density at radius 1 is 1.11 bits per heavy atom. The van der Waals surface area contributed by atoms with Crippen molar-refractivity contribution in [1.82, 2.24) is 20.4 Å². The molecule has 3 heterocycles. The zero-order valence-corrected chi connectivity index (χ0v) is 16.2. The number of nitrogens with one attached hydrogen (secondary N) is 1. The third-order valence-electron chi connectivity index (χ3n) is 5.56. The number of carbonyl (C=O) groups excluding carboxylic acids is 1. The van der Waals surface area contributed by atoms with E-state index in [-0.39, 0.29) is 18.0 Å². The lowest BCUT2D eigenvalue weighted by Crippen LogP contribution is -2.45. The Hall–Kier alpha value is -2.25. The number of carbonyl (C=O) groups is 1. The van der Waals surface area contributed by atoms with Crippen molar-refractivity contribution in [3.05, 3.63) is 36.2 Å². The monoisotopic (exact) mass is 384 g/mol. The van der Waals surface area contributed by atoms with Crippen LogP contribution in [-0.4, -0.2) is 53.3 Å². The molecule has 2 aliphatic heterocycles. The van der Waals surface area contributed by atoms with E-state index in [9.17, 15) is 4.79 Å². The van der Waals surface area contributed by atoms with E-state index in [1.807, 2.05) is 30.3 Å². The molecule has 0 spiro atoms. The lowest BCUT2D eigenvalue weighted by atomic mass is 10.1. The molecule has 0 bridgehead atoms. The number of amides is 1. The Kier molecular flexibility index (Phi) is 6.34. The van der Waals surface area contributed by atoms with Crippen LogP contribution in [0.15, 0.2) is 34.9 Å². The van der Waals surface area contributed by atoms with Crippen molar-refractivity contribution in [2.24, 2.45) is 0 Å². The number of nitrogens with zero attached hydrogens (tertiary/aromatic N) is 3. The van der Waals surface area contributed by atoms with Crippen LogP contribution in [0.3, 0.4) is 0 Å². The lowest BCUT2D eigenvalue weighted by molar-refractivity contribution is -0.124. The van der Waals surface area contributed by atoms with E-state index in [4.69, 9.17) is 9.26 Å². The number of ether oxygens (including phenoxy) is 1. The number of rotatable bonds is 5. The summed E-state index contributed by atoms with van der Waals surface area (Å²) >= 11 is 0. The summed E-state index contributed by atoms with van der Waals surface area (Å²) in [4.78, 5) is 19.5. The van der Waals surface area contributed by atoms with Crippen LogP contribution < -0.4 is 5.32 Å². The zero-order valence-electron chi connectivity index (χ0n) is 16.2. The van der Waals surface area contributed by atoms with Crippen molar-refractivity contribution in [2.75, 3.05) is 26.3 Å². The van der Waals surface area contributed by atoms with Crippen LogP contribution in [0.4, 0.5) is 0 Å². The second-order valence-electron chi connectivity index (χ2n) is 7.61. The molecular formula is C21H28N4O3. The van der Waals surface area contributed by atoms with Crippen LogP contribution in [-0.2, 0) is 9.53 Å². The minimum absolute atomic E-state index is 0.0177. The van der Waals surface area contributed by atoms with Gasteiger partial charge in [-0.1, -0.05) is 36.2 Å². The van der Waals surface area contributed by atoms with Crippen LogP contribution in [0.5, 0.6) is 0 Å². The molecule has 2 saturated heterocycles. The lowest BCUT2D eigenvalue weighted by Gasteiger charge is -2.29. The Morgan fingerprint density at radius 2 is 1.93 bits per heavy atom. The number of hydrogen-bond donors (Lipinski definition) is 1. The van der Waals surface area contributed by atoms with Gasteiger partial charge in [0.25, 0.3) is 5.89 Å². The highest BCUT2D eigenvalue weighted by atomic mass is 16.5. The van der Waals surface area contributed by atoms with Crippen LogP contribution >= 0.6 is 0 Å². The average Bonchev–Trinajstić information content (AvgIpc) is 3.10. The van der Waals surface area contributed by atoms with E-state index >= 15 is 0 Å². The molecule has 150 valence electrons. The molecule has 28 heavy (non-hydrogen) atoms.